The highest BCUT2D eigenvalue weighted by Gasteiger charge is 2.15. The highest BCUT2D eigenvalue weighted by atomic mass is 79.9. The molecule has 1 fully saturated rings. The molecule has 0 bridgehead atoms. The van der Waals surface area contributed by atoms with Crippen LogP contribution in [0.2, 0.25) is 0 Å². The number of hydrogen-bond acceptors (Lipinski definition) is 6. The van der Waals surface area contributed by atoms with Crippen molar-refractivity contribution in [2.75, 3.05) is 31.2 Å². The Bertz CT molecular complexity index is 1200. The Morgan fingerprint density at radius 3 is 2.60 bits per heavy atom. The van der Waals surface area contributed by atoms with Crippen LogP contribution in [0.1, 0.15) is 5.56 Å². The molecule has 3 aromatic rings. The highest BCUT2D eigenvalue weighted by Crippen LogP contribution is 2.31. The average Bonchev–Trinajstić information content (AvgIpc) is 2.75. The number of nitrogens with one attached hydrogen (secondary N) is 1. The van der Waals surface area contributed by atoms with Crippen molar-refractivity contribution in [2.24, 2.45) is 4.99 Å². The fourth-order valence-electron chi connectivity index (χ4n) is 3.25. The van der Waals surface area contributed by atoms with Crippen LogP contribution in [0, 0.1) is 4.77 Å². The van der Waals surface area contributed by atoms with Crippen LogP contribution in [0.5, 0.6) is 5.88 Å². The van der Waals surface area contributed by atoms with Crippen molar-refractivity contribution in [3.8, 4) is 11.6 Å². The third-order valence-electron chi connectivity index (χ3n) is 4.76. The molecule has 1 saturated heterocycles. The molecule has 0 radical (unpaired) electrons. The van der Waals surface area contributed by atoms with Crippen molar-refractivity contribution in [1.29, 1.82) is 0 Å². The molecule has 9 heteroatoms. The molecule has 1 aliphatic rings. The third-order valence-corrected chi connectivity index (χ3v) is 5.68. The molecule has 0 spiro atoms. The number of aromatic hydroxyl groups is 1. The van der Waals surface area contributed by atoms with E-state index in [0.29, 0.717) is 24.6 Å². The Hall–Kier alpha value is -2.75. The molecule has 4 rings (SSSR count). The molecule has 1 aromatic heterocycles. The van der Waals surface area contributed by atoms with Gasteiger partial charge >= 0.3 is 0 Å². The quantitative estimate of drug-likeness (QED) is 0.430. The third kappa shape index (κ3) is 4.23. The maximum atomic E-state index is 12.4. The SMILES string of the molecule is O=c1[nH]c(=S)n(-c2ccccc2)c(O)c1C=Nc1ccc(N2CCOCC2)c(Br)c1. The number of nitrogens with zero attached hydrogens (tertiary/aromatic N) is 3. The number of morpholine rings is 1. The first-order valence-corrected chi connectivity index (χ1v) is 10.5. The molecule has 0 saturated carbocycles. The minimum absolute atomic E-state index is 0.0285. The van der Waals surface area contributed by atoms with Crippen LogP contribution >= 0.6 is 28.1 Å². The van der Waals surface area contributed by atoms with Gasteiger partial charge in [-0.2, -0.15) is 0 Å². The van der Waals surface area contributed by atoms with Gasteiger partial charge in [-0.3, -0.25) is 19.3 Å². The zero-order valence-corrected chi connectivity index (χ0v) is 18.3. The first kappa shape index (κ1) is 20.5. The second-order valence-corrected chi connectivity index (χ2v) is 7.90. The number of para-hydroxylation sites is 1. The van der Waals surface area contributed by atoms with Crippen LogP contribution in [0.3, 0.4) is 0 Å². The van der Waals surface area contributed by atoms with Crippen molar-refractivity contribution in [2.45, 2.75) is 0 Å². The molecular formula is C21H19BrN4O3S. The molecule has 0 atom stereocenters. The van der Waals surface area contributed by atoms with Crippen LogP contribution in [-0.4, -0.2) is 47.2 Å². The van der Waals surface area contributed by atoms with Crippen LogP contribution in [-0.2, 0) is 4.74 Å². The van der Waals surface area contributed by atoms with Gasteiger partial charge in [-0.25, -0.2) is 0 Å². The number of benzene rings is 2. The van der Waals surface area contributed by atoms with Gasteiger partial charge in [0.2, 0.25) is 5.88 Å². The fourth-order valence-corrected chi connectivity index (χ4v) is 4.15. The van der Waals surface area contributed by atoms with Crippen molar-refractivity contribution in [1.82, 2.24) is 9.55 Å². The highest BCUT2D eigenvalue weighted by molar-refractivity contribution is 9.10. The Labute approximate surface area is 186 Å². The smallest absolute Gasteiger partial charge is 0.264 e. The van der Waals surface area contributed by atoms with Crippen LogP contribution < -0.4 is 10.5 Å². The lowest BCUT2D eigenvalue weighted by Crippen LogP contribution is -2.36. The molecule has 30 heavy (non-hydrogen) atoms. The monoisotopic (exact) mass is 486 g/mol. The van der Waals surface area contributed by atoms with Gasteiger partial charge in [-0.1, -0.05) is 18.2 Å². The second-order valence-electron chi connectivity index (χ2n) is 6.66. The maximum Gasteiger partial charge on any atom is 0.264 e. The first-order valence-electron chi connectivity index (χ1n) is 9.34. The average molecular weight is 487 g/mol. The van der Waals surface area contributed by atoms with Gasteiger partial charge in [0.1, 0.15) is 5.56 Å². The summed E-state index contributed by atoms with van der Waals surface area (Å²) in [6, 6.07) is 14.8. The lowest BCUT2D eigenvalue weighted by molar-refractivity contribution is 0.122. The molecule has 0 aliphatic carbocycles. The predicted molar refractivity (Wildman–Crippen MR) is 123 cm³/mol. The van der Waals surface area contributed by atoms with Crippen LogP contribution in [0.25, 0.3) is 5.69 Å². The molecule has 0 unspecified atom stereocenters. The van der Waals surface area contributed by atoms with Crippen LogP contribution in [0.15, 0.2) is 62.8 Å². The zero-order chi connectivity index (χ0) is 21.1. The summed E-state index contributed by atoms with van der Waals surface area (Å²) in [4.78, 5) is 21.6. The largest absolute Gasteiger partial charge is 0.494 e. The zero-order valence-electron chi connectivity index (χ0n) is 15.9. The normalized spacial score (nSPS) is 14.4. The van der Waals surface area contributed by atoms with Crippen molar-refractivity contribution >= 4 is 45.7 Å². The number of H-pyrrole nitrogens is 1. The molecule has 2 heterocycles. The molecule has 0 amide bonds. The van der Waals surface area contributed by atoms with Gasteiger partial charge in [0, 0.05) is 23.8 Å². The molecular weight excluding hydrogens is 468 g/mol. The van der Waals surface area contributed by atoms with E-state index >= 15 is 0 Å². The van der Waals surface area contributed by atoms with Gasteiger partial charge in [0.25, 0.3) is 5.56 Å². The molecule has 2 aromatic carbocycles. The number of rotatable bonds is 4. The van der Waals surface area contributed by atoms with E-state index in [1.165, 1.54) is 10.8 Å². The molecule has 2 N–H and O–H groups in total. The van der Waals surface area contributed by atoms with Gasteiger partial charge in [-0.15, -0.1) is 0 Å². The molecule has 7 nitrogen and oxygen atoms in total. The lowest BCUT2D eigenvalue weighted by Gasteiger charge is -2.29. The first-order chi connectivity index (χ1) is 14.5. The number of halogens is 1. The van der Waals surface area contributed by atoms with Gasteiger partial charge in [0.15, 0.2) is 4.77 Å². The predicted octanol–water partition coefficient (Wildman–Crippen LogP) is 3.95. The van der Waals surface area contributed by atoms with Gasteiger partial charge in [-0.05, 0) is 58.5 Å². The summed E-state index contributed by atoms with van der Waals surface area (Å²) in [5.74, 6) is -0.261. The van der Waals surface area contributed by atoms with E-state index in [1.54, 1.807) is 12.1 Å². The van der Waals surface area contributed by atoms with Gasteiger partial charge < -0.3 is 14.7 Å². The maximum absolute atomic E-state index is 12.4. The van der Waals surface area contributed by atoms with Crippen molar-refractivity contribution < 1.29 is 9.84 Å². The Kier molecular flexibility index (Phi) is 6.12. The van der Waals surface area contributed by atoms with Crippen LogP contribution in [0.4, 0.5) is 11.4 Å². The molecule has 154 valence electrons. The van der Waals surface area contributed by atoms with E-state index < -0.39 is 5.56 Å². The number of aliphatic imine (C=N–C) groups is 1. The number of aromatic amines is 1. The summed E-state index contributed by atoms with van der Waals surface area (Å²) < 4.78 is 7.81. The van der Waals surface area contributed by atoms with Crippen molar-refractivity contribution in [3.63, 3.8) is 0 Å². The lowest BCUT2D eigenvalue weighted by atomic mass is 10.2. The summed E-state index contributed by atoms with van der Waals surface area (Å²) in [6.07, 6.45) is 1.35. The van der Waals surface area contributed by atoms with Crippen molar-refractivity contribution in [3.05, 3.63) is 73.7 Å². The number of ether oxygens (including phenoxy) is 1. The second kappa shape index (κ2) is 8.95. The minimum Gasteiger partial charge on any atom is -0.494 e. The number of aromatic nitrogens is 2. The topological polar surface area (TPSA) is 82.8 Å². The summed E-state index contributed by atoms with van der Waals surface area (Å²) in [5, 5.41) is 10.7. The van der Waals surface area contributed by atoms with E-state index in [0.717, 1.165) is 23.2 Å². The van der Waals surface area contributed by atoms with E-state index in [1.807, 2.05) is 36.4 Å². The Morgan fingerprint density at radius 1 is 1.17 bits per heavy atom. The fraction of sp³-hybridized carbons (Fsp3) is 0.190. The summed E-state index contributed by atoms with van der Waals surface area (Å²) in [7, 11) is 0. The Balaban J connectivity index is 1.67. The van der Waals surface area contributed by atoms with E-state index in [9.17, 15) is 9.90 Å². The van der Waals surface area contributed by atoms with E-state index in [-0.39, 0.29) is 16.2 Å². The number of anilines is 1. The van der Waals surface area contributed by atoms with Gasteiger partial charge in [0.05, 0.1) is 30.3 Å². The summed E-state index contributed by atoms with van der Waals surface area (Å²) in [6.45, 7) is 3.07. The van der Waals surface area contributed by atoms with E-state index in [4.69, 9.17) is 17.0 Å². The molecule has 1 aliphatic heterocycles. The Morgan fingerprint density at radius 2 is 1.90 bits per heavy atom. The minimum atomic E-state index is -0.502. The standard InChI is InChI=1S/C21H19BrN4O3S/c22-17-12-14(6-7-18(17)25-8-10-29-11-9-25)23-13-16-19(27)24-21(30)26(20(16)28)15-4-2-1-3-5-15/h1-7,12-13,28H,8-11H2,(H,24,27,30). The van der Waals surface area contributed by atoms with E-state index in [2.05, 4.69) is 30.8 Å². The summed E-state index contributed by atoms with van der Waals surface area (Å²) >= 11 is 8.82. The number of hydrogen-bond donors (Lipinski definition) is 2. The summed E-state index contributed by atoms with van der Waals surface area (Å²) in [5.41, 5.74) is 1.88.